The van der Waals surface area contributed by atoms with Crippen molar-refractivity contribution < 1.29 is 8.42 Å². The van der Waals surface area contributed by atoms with Crippen molar-refractivity contribution in [3.63, 3.8) is 0 Å². The van der Waals surface area contributed by atoms with E-state index in [4.69, 9.17) is 0 Å². The van der Waals surface area contributed by atoms with Crippen molar-refractivity contribution in [2.24, 2.45) is 11.8 Å². The van der Waals surface area contributed by atoms with E-state index >= 15 is 0 Å². The number of aromatic amines is 1. The van der Waals surface area contributed by atoms with Gasteiger partial charge in [0.05, 0.1) is 4.90 Å². The van der Waals surface area contributed by atoms with Crippen molar-refractivity contribution in [3.8, 4) is 0 Å². The highest BCUT2D eigenvalue weighted by atomic mass is 32.2. The zero-order valence-corrected chi connectivity index (χ0v) is 13.3. The molecule has 0 spiro atoms. The van der Waals surface area contributed by atoms with Crippen molar-refractivity contribution in [1.29, 1.82) is 0 Å². The van der Waals surface area contributed by atoms with Crippen molar-refractivity contribution in [2.45, 2.75) is 51.1 Å². The molecule has 1 unspecified atom stereocenters. The van der Waals surface area contributed by atoms with E-state index in [2.05, 4.69) is 35.8 Å². The molecule has 0 radical (unpaired) electrons. The van der Waals surface area contributed by atoms with E-state index in [1.54, 1.807) is 12.3 Å². The lowest BCUT2D eigenvalue weighted by Crippen LogP contribution is -2.30. The Kier molecular flexibility index (Phi) is 4.88. The Hall–Kier alpha value is -0.850. The molecule has 0 aliphatic heterocycles. The molecule has 0 saturated heterocycles. The highest BCUT2D eigenvalue weighted by Crippen LogP contribution is 2.19. The lowest BCUT2D eigenvalue weighted by Gasteiger charge is -2.15. The van der Waals surface area contributed by atoms with Crippen LogP contribution in [0.4, 0.5) is 0 Å². The molecule has 5 nitrogen and oxygen atoms in total. The van der Waals surface area contributed by atoms with Crippen LogP contribution in [0.3, 0.4) is 0 Å². The second-order valence-corrected chi connectivity index (χ2v) is 7.86. The average Bonchev–Trinajstić information content (AvgIpc) is 3.09. The molecule has 1 aliphatic rings. The van der Waals surface area contributed by atoms with E-state index in [9.17, 15) is 8.42 Å². The minimum absolute atomic E-state index is 0.319. The first-order valence-electron chi connectivity index (χ1n) is 7.29. The van der Waals surface area contributed by atoms with Crippen molar-refractivity contribution in [2.75, 3.05) is 6.54 Å². The zero-order valence-electron chi connectivity index (χ0n) is 12.4. The Bertz CT molecular complexity index is 532. The normalized spacial score (nSPS) is 17.6. The topological polar surface area (TPSA) is 74.0 Å². The van der Waals surface area contributed by atoms with Crippen LogP contribution in [0, 0.1) is 11.8 Å². The summed E-state index contributed by atoms with van der Waals surface area (Å²) < 4.78 is 27.0. The van der Waals surface area contributed by atoms with E-state index < -0.39 is 10.0 Å². The number of hydrogen-bond donors (Lipinski definition) is 3. The Balaban J connectivity index is 1.90. The SMILES string of the molecule is CC(C)C(C)CNS(=O)(=O)c1c[nH]c(CNC2CC2)c1. The predicted octanol–water partition coefficient (Wildman–Crippen LogP) is 1.84. The fourth-order valence-corrected chi connectivity index (χ4v) is 2.94. The summed E-state index contributed by atoms with van der Waals surface area (Å²) in [6.07, 6.45) is 4.01. The molecule has 1 heterocycles. The molecule has 1 saturated carbocycles. The van der Waals surface area contributed by atoms with Gasteiger partial charge in [-0.2, -0.15) is 0 Å². The molecule has 1 fully saturated rings. The maximum absolute atomic E-state index is 12.2. The third kappa shape index (κ3) is 4.33. The van der Waals surface area contributed by atoms with E-state index in [0.717, 1.165) is 5.69 Å². The lowest BCUT2D eigenvalue weighted by atomic mass is 9.99. The van der Waals surface area contributed by atoms with Gasteiger partial charge in [0.1, 0.15) is 0 Å². The molecule has 114 valence electrons. The predicted molar refractivity (Wildman–Crippen MR) is 79.8 cm³/mol. The molecule has 0 aromatic carbocycles. The molecule has 1 atom stereocenters. The molecule has 1 aromatic rings. The molecule has 0 bridgehead atoms. The van der Waals surface area contributed by atoms with Crippen LogP contribution < -0.4 is 10.0 Å². The first-order chi connectivity index (χ1) is 9.38. The Morgan fingerprint density at radius 2 is 2.05 bits per heavy atom. The van der Waals surface area contributed by atoms with Crippen LogP contribution in [0.1, 0.15) is 39.3 Å². The van der Waals surface area contributed by atoms with Crippen molar-refractivity contribution in [3.05, 3.63) is 18.0 Å². The summed E-state index contributed by atoms with van der Waals surface area (Å²) in [5.74, 6) is 0.780. The van der Waals surface area contributed by atoms with Gasteiger partial charge in [-0.1, -0.05) is 20.8 Å². The zero-order chi connectivity index (χ0) is 14.8. The van der Waals surface area contributed by atoms with Gasteiger partial charge in [-0.25, -0.2) is 13.1 Å². The van der Waals surface area contributed by atoms with Crippen LogP contribution in [0.2, 0.25) is 0 Å². The summed E-state index contributed by atoms with van der Waals surface area (Å²) in [6.45, 7) is 7.41. The quantitative estimate of drug-likeness (QED) is 0.685. The van der Waals surface area contributed by atoms with Crippen LogP contribution >= 0.6 is 0 Å². The van der Waals surface area contributed by atoms with Gasteiger partial charge in [-0.15, -0.1) is 0 Å². The van der Waals surface area contributed by atoms with Gasteiger partial charge in [0.2, 0.25) is 10.0 Å². The molecular formula is C14H25N3O2S. The Labute approximate surface area is 121 Å². The fraction of sp³-hybridized carbons (Fsp3) is 0.714. The second-order valence-electron chi connectivity index (χ2n) is 6.09. The summed E-state index contributed by atoms with van der Waals surface area (Å²) in [4.78, 5) is 3.34. The van der Waals surface area contributed by atoms with Gasteiger partial charge in [0.25, 0.3) is 0 Å². The number of sulfonamides is 1. The summed E-state index contributed by atoms with van der Waals surface area (Å²) in [7, 11) is -3.40. The van der Waals surface area contributed by atoms with Gasteiger partial charge in [-0.3, -0.25) is 0 Å². The number of hydrogen-bond acceptors (Lipinski definition) is 3. The van der Waals surface area contributed by atoms with Crippen molar-refractivity contribution in [1.82, 2.24) is 15.0 Å². The molecule has 20 heavy (non-hydrogen) atoms. The minimum atomic E-state index is -3.40. The highest BCUT2D eigenvalue weighted by molar-refractivity contribution is 7.89. The number of H-pyrrole nitrogens is 1. The number of aromatic nitrogens is 1. The standard InChI is InChI=1S/C14H25N3O2S/c1-10(2)11(3)7-17-20(18,19)14-6-13(16-9-14)8-15-12-4-5-12/h6,9-12,15-17H,4-5,7-8H2,1-3H3. The first-order valence-corrected chi connectivity index (χ1v) is 8.77. The largest absolute Gasteiger partial charge is 0.363 e. The van der Waals surface area contributed by atoms with Gasteiger partial charge >= 0.3 is 0 Å². The summed E-state index contributed by atoms with van der Waals surface area (Å²) >= 11 is 0. The van der Waals surface area contributed by atoms with E-state index in [1.165, 1.54) is 12.8 Å². The van der Waals surface area contributed by atoms with Gasteiger partial charge in [0, 0.05) is 31.0 Å². The van der Waals surface area contributed by atoms with Crippen LogP contribution in [-0.4, -0.2) is 26.0 Å². The van der Waals surface area contributed by atoms with Crippen LogP contribution in [-0.2, 0) is 16.6 Å². The molecule has 1 aromatic heterocycles. The van der Waals surface area contributed by atoms with Crippen LogP contribution in [0.15, 0.2) is 17.2 Å². The minimum Gasteiger partial charge on any atom is -0.363 e. The molecule has 2 rings (SSSR count). The third-order valence-electron chi connectivity index (χ3n) is 3.92. The average molecular weight is 299 g/mol. The van der Waals surface area contributed by atoms with Gasteiger partial charge in [-0.05, 0) is 30.7 Å². The van der Waals surface area contributed by atoms with Crippen LogP contribution in [0.5, 0.6) is 0 Å². The fourth-order valence-electron chi connectivity index (χ4n) is 1.78. The molecule has 3 N–H and O–H groups in total. The number of rotatable bonds is 8. The molecule has 0 amide bonds. The molecule has 1 aliphatic carbocycles. The van der Waals surface area contributed by atoms with Gasteiger partial charge < -0.3 is 10.3 Å². The van der Waals surface area contributed by atoms with E-state index in [0.29, 0.717) is 35.9 Å². The molecule has 6 heteroatoms. The monoisotopic (exact) mass is 299 g/mol. The second kappa shape index (κ2) is 6.28. The van der Waals surface area contributed by atoms with Crippen LogP contribution in [0.25, 0.3) is 0 Å². The van der Waals surface area contributed by atoms with E-state index in [1.807, 2.05) is 0 Å². The van der Waals surface area contributed by atoms with Crippen molar-refractivity contribution >= 4 is 10.0 Å². The van der Waals surface area contributed by atoms with Gasteiger partial charge in [0.15, 0.2) is 0 Å². The lowest BCUT2D eigenvalue weighted by molar-refractivity contribution is 0.414. The summed E-state index contributed by atoms with van der Waals surface area (Å²) in [5, 5.41) is 3.36. The maximum Gasteiger partial charge on any atom is 0.242 e. The number of nitrogens with one attached hydrogen (secondary N) is 3. The smallest absolute Gasteiger partial charge is 0.242 e. The highest BCUT2D eigenvalue weighted by Gasteiger charge is 2.21. The Morgan fingerprint density at radius 1 is 1.35 bits per heavy atom. The third-order valence-corrected chi connectivity index (χ3v) is 5.32. The maximum atomic E-state index is 12.2. The Morgan fingerprint density at radius 3 is 2.65 bits per heavy atom. The van der Waals surface area contributed by atoms with E-state index in [-0.39, 0.29) is 0 Å². The summed E-state index contributed by atoms with van der Waals surface area (Å²) in [6, 6.07) is 2.32. The molecular weight excluding hydrogens is 274 g/mol. The first kappa shape index (κ1) is 15.5. The summed E-state index contributed by atoms with van der Waals surface area (Å²) in [5.41, 5.74) is 0.911.